The van der Waals surface area contributed by atoms with Crippen LogP contribution in [0.25, 0.3) is 0 Å². The van der Waals surface area contributed by atoms with E-state index in [4.69, 9.17) is 9.47 Å². The van der Waals surface area contributed by atoms with Crippen LogP contribution in [0.5, 0.6) is 0 Å². The van der Waals surface area contributed by atoms with Crippen molar-refractivity contribution in [3.05, 3.63) is 46.5 Å². The third-order valence-electron chi connectivity index (χ3n) is 7.73. The Morgan fingerprint density at radius 1 is 1.17 bits per heavy atom. The van der Waals surface area contributed by atoms with Crippen LogP contribution < -0.4 is 0 Å². The highest BCUT2D eigenvalue weighted by molar-refractivity contribution is 6.10. The number of unbranched alkanes of at least 4 members (excludes halogenated alkanes) is 3. The van der Waals surface area contributed by atoms with Crippen molar-refractivity contribution in [2.45, 2.75) is 84.3 Å². The van der Waals surface area contributed by atoms with E-state index in [2.05, 4.69) is 6.92 Å². The molecule has 0 saturated carbocycles. The first-order valence-electron chi connectivity index (χ1n) is 12.6. The molecule has 0 aromatic heterocycles. The molecule has 2 heterocycles. The molecule has 0 aromatic rings. The first kappa shape index (κ1) is 25.3. The van der Waals surface area contributed by atoms with E-state index in [-0.39, 0.29) is 29.7 Å². The summed E-state index contributed by atoms with van der Waals surface area (Å²) in [6.45, 7) is 7.29. The van der Waals surface area contributed by atoms with E-state index < -0.39 is 29.5 Å². The van der Waals surface area contributed by atoms with Crippen LogP contribution in [0.4, 0.5) is 0 Å². The van der Waals surface area contributed by atoms with Crippen LogP contribution in [0, 0.1) is 17.8 Å². The number of ketones is 3. The number of carbonyl (C=O) groups is 4. The summed E-state index contributed by atoms with van der Waals surface area (Å²) in [6.07, 6.45) is 8.97. The average Bonchev–Trinajstić information content (AvgIpc) is 3.07. The smallest absolute Gasteiger partial charge is 0.318 e. The highest BCUT2D eigenvalue weighted by Crippen LogP contribution is 2.51. The van der Waals surface area contributed by atoms with Crippen LogP contribution in [0.2, 0.25) is 0 Å². The lowest BCUT2D eigenvalue weighted by molar-refractivity contribution is -0.156. The Bertz CT molecular complexity index is 1090. The number of hydrogen-bond donors (Lipinski definition) is 1. The van der Waals surface area contributed by atoms with Crippen LogP contribution in [-0.2, 0) is 28.7 Å². The number of carbonyl (C=O) groups excluding carboxylic acids is 4. The molecule has 4 aliphatic rings. The van der Waals surface area contributed by atoms with Crippen LogP contribution in [0.1, 0.15) is 72.6 Å². The molecular formula is C28H34O7. The van der Waals surface area contributed by atoms with Gasteiger partial charge in [-0.3, -0.25) is 19.2 Å². The van der Waals surface area contributed by atoms with Gasteiger partial charge in [-0.2, -0.15) is 0 Å². The van der Waals surface area contributed by atoms with Gasteiger partial charge in [0.1, 0.15) is 11.7 Å². The van der Waals surface area contributed by atoms with Crippen molar-refractivity contribution in [3.63, 3.8) is 0 Å². The molecule has 0 unspecified atom stereocenters. The van der Waals surface area contributed by atoms with Crippen LogP contribution >= 0.6 is 0 Å². The maximum Gasteiger partial charge on any atom is 0.318 e. The van der Waals surface area contributed by atoms with Crippen LogP contribution in [0.15, 0.2) is 46.5 Å². The summed E-state index contributed by atoms with van der Waals surface area (Å²) in [5.41, 5.74) is 0.723. The van der Waals surface area contributed by atoms with E-state index in [1.165, 1.54) is 12.3 Å². The summed E-state index contributed by atoms with van der Waals surface area (Å²) in [5, 5.41) is 9.89. The number of aliphatic hydroxyl groups excluding tert-OH is 1. The molecule has 0 spiro atoms. The minimum absolute atomic E-state index is 0.0116. The molecule has 2 aliphatic carbocycles. The monoisotopic (exact) mass is 482 g/mol. The lowest BCUT2D eigenvalue weighted by atomic mass is 9.66. The van der Waals surface area contributed by atoms with Gasteiger partial charge in [0.05, 0.1) is 23.9 Å². The minimum Gasteiger partial charge on any atom is -0.464 e. The van der Waals surface area contributed by atoms with Crippen molar-refractivity contribution >= 4 is 23.3 Å². The molecule has 0 aromatic carbocycles. The fraction of sp³-hybridized carbons (Fsp3) is 0.571. The Balaban J connectivity index is 1.63. The molecule has 0 bridgehead atoms. The second-order valence-electron chi connectivity index (χ2n) is 10.4. The maximum absolute atomic E-state index is 13.4. The van der Waals surface area contributed by atoms with E-state index in [1.54, 1.807) is 19.9 Å². The predicted molar refractivity (Wildman–Crippen MR) is 128 cm³/mol. The van der Waals surface area contributed by atoms with Gasteiger partial charge < -0.3 is 14.6 Å². The number of fused-ring (bicyclic) bond motifs is 3. The molecule has 0 amide bonds. The van der Waals surface area contributed by atoms with Gasteiger partial charge in [-0.15, -0.1) is 0 Å². The predicted octanol–water partition coefficient (Wildman–Crippen LogP) is 4.06. The van der Waals surface area contributed by atoms with Crippen molar-refractivity contribution in [2.75, 3.05) is 0 Å². The quantitative estimate of drug-likeness (QED) is 0.316. The zero-order chi connectivity index (χ0) is 25.5. The van der Waals surface area contributed by atoms with Crippen LogP contribution in [0.3, 0.4) is 0 Å². The van der Waals surface area contributed by atoms with Gasteiger partial charge in [-0.05, 0) is 44.4 Å². The lowest BCUT2D eigenvalue weighted by Crippen LogP contribution is -2.47. The molecule has 1 N–H and O–H groups in total. The maximum atomic E-state index is 13.4. The summed E-state index contributed by atoms with van der Waals surface area (Å²) in [4.78, 5) is 52.1. The highest BCUT2D eigenvalue weighted by atomic mass is 16.6. The second kappa shape index (κ2) is 9.69. The average molecular weight is 483 g/mol. The SMILES string of the molecule is CCCCCC[C@@H](C)C(=O)[C@H]1C(=O)O[C@@]2(C)C(=O)C=C3C=C(C4=C(C)C[C@H](O)CC4=O)OC=C3[C@@H]12. The molecule has 1 saturated heterocycles. The molecule has 2 aliphatic heterocycles. The standard InChI is InChI=1S/C28H34O7/c1-5-6-7-8-9-15(2)26(32)24-25-19-14-34-21(23-16(3)10-18(29)13-20(23)30)11-17(19)12-22(31)28(25,4)35-27(24)33/h11-12,14-15,18,24-25,29H,5-10,13H2,1-4H3/t15-,18+,24+,25+,28+/m1/s1. The van der Waals surface area contributed by atoms with Gasteiger partial charge in [0, 0.05) is 17.9 Å². The normalized spacial score (nSPS) is 31.1. The van der Waals surface area contributed by atoms with E-state index >= 15 is 0 Å². The Kier molecular flexibility index (Phi) is 7.00. The van der Waals surface area contributed by atoms with Gasteiger partial charge in [-0.1, -0.05) is 45.1 Å². The molecule has 5 atom stereocenters. The number of aliphatic hydroxyl groups is 1. The fourth-order valence-electron chi connectivity index (χ4n) is 5.75. The number of hydrogen-bond acceptors (Lipinski definition) is 7. The Hall–Kier alpha value is -2.80. The summed E-state index contributed by atoms with van der Waals surface area (Å²) in [7, 11) is 0. The van der Waals surface area contributed by atoms with Gasteiger partial charge in [0.2, 0.25) is 0 Å². The van der Waals surface area contributed by atoms with E-state index in [1.807, 2.05) is 6.92 Å². The summed E-state index contributed by atoms with van der Waals surface area (Å²) in [6, 6.07) is 0. The molecule has 0 radical (unpaired) electrons. The first-order chi connectivity index (χ1) is 16.6. The van der Waals surface area contributed by atoms with E-state index in [9.17, 15) is 24.3 Å². The van der Waals surface area contributed by atoms with Gasteiger partial charge in [-0.25, -0.2) is 0 Å². The van der Waals surface area contributed by atoms with Gasteiger partial charge >= 0.3 is 5.97 Å². The number of allylic oxidation sites excluding steroid dienone is 3. The van der Waals surface area contributed by atoms with Crippen LogP contribution in [-0.4, -0.2) is 40.1 Å². The molecular weight excluding hydrogens is 448 g/mol. The Labute approximate surface area is 205 Å². The van der Waals surface area contributed by atoms with Gasteiger partial charge in [0.15, 0.2) is 23.0 Å². The second-order valence-corrected chi connectivity index (χ2v) is 10.4. The number of ether oxygens (including phenoxy) is 2. The molecule has 35 heavy (non-hydrogen) atoms. The van der Waals surface area contributed by atoms with Crippen molar-refractivity contribution in [2.24, 2.45) is 17.8 Å². The zero-order valence-electron chi connectivity index (χ0n) is 20.9. The summed E-state index contributed by atoms with van der Waals surface area (Å²) < 4.78 is 11.4. The number of esters is 1. The topological polar surface area (TPSA) is 107 Å². The van der Waals surface area contributed by atoms with Crippen molar-refractivity contribution < 1.29 is 33.8 Å². The fourth-order valence-corrected chi connectivity index (χ4v) is 5.75. The van der Waals surface area contributed by atoms with E-state index in [0.29, 0.717) is 40.9 Å². The first-order valence-corrected chi connectivity index (χ1v) is 12.6. The molecule has 188 valence electrons. The number of rotatable bonds is 8. The Morgan fingerprint density at radius 3 is 2.60 bits per heavy atom. The largest absolute Gasteiger partial charge is 0.464 e. The zero-order valence-corrected chi connectivity index (χ0v) is 20.9. The van der Waals surface area contributed by atoms with Crippen molar-refractivity contribution in [1.82, 2.24) is 0 Å². The van der Waals surface area contributed by atoms with E-state index in [0.717, 1.165) is 25.7 Å². The number of Topliss-reactive ketones (excluding diaryl/α,β-unsaturated/α-hetero) is 2. The molecule has 7 heteroatoms. The third-order valence-corrected chi connectivity index (χ3v) is 7.73. The summed E-state index contributed by atoms with van der Waals surface area (Å²) in [5.74, 6) is -3.37. The van der Waals surface area contributed by atoms with Crippen molar-refractivity contribution in [3.8, 4) is 0 Å². The molecule has 4 rings (SSSR count). The third kappa shape index (κ3) is 4.46. The van der Waals surface area contributed by atoms with Crippen molar-refractivity contribution in [1.29, 1.82) is 0 Å². The Morgan fingerprint density at radius 2 is 1.91 bits per heavy atom. The highest BCUT2D eigenvalue weighted by Gasteiger charge is 2.62. The molecule has 1 fully saturated rings. The molecule has 7 nitrogen and oxygen atoms in total. The lowest BCUT2D eigenvalue weighted by Gasteiger charge is -2.36. The summed E-state index contributed by atoms with van der Waals surface area (Å²) >= 11 is 0. The van der Waals surface area contributed by atoms with Gasteiger partial charge in [0.25, 0.3) is 0 Å². The minimum atomic E-state index is -1.47.